The van der Waals surface area contributed by atoms with Gasteiger partial charge < -0.3 is 10.1 Å². The monoisotopic (exact) mass is 372 g/mol. The van der Waals surface area contributed by atoms with Crippen LogP contribution in [-0.2, 0) is 16.1 Å². The quantitative estimate of drug-likeness (QED) is 0.865. The van der Waals surface area contributed by atoms with Crippen LogP contribution in [-0.4, -0.2) is 29.5 Å². The first-order chi connectivity index (χ1) is 12.5. The van der Waals surface area contributed by atoms with Gasteiger partial charge in [0, 0.05) is 17.3 Å². The largest absolute Gasteiger partial charge is 0.445 e. The van der Waals surface area contributed by atoms with E-state index in [2.05, 4.69) is 5.32 Å². The van der Waals surface area contributed by atoms with Crippen LogP contribution in [0.5, 0.6) is 0 Å². The Morgan fingerprint density at radius 3 is 2.73 bits per heavy atom. The molecule has 1 atom stereocenters. The van der Waals surface area contributed by atoms with Gasteiger partial charge in [0.15, 0.2) is 0 Å². The highest BCUT2D eigenvalue weighted by Crippen LogP contribution is 2.23. The molecule has 2 amide bonds. The highest BCUT2D eigenvalue weighted by Gasteiger charge is 2.35. The van der Waals surface area contributed by atoms with E-state index in [0.717, 1.165) is 17.5 Å². The van der Waals surface area contributed by atoms with Crippen LogP contribution in [0.25, 0.3) is 0 Å². The lowest BCUT2D eigenvalue weighted by molar-refractivity contribution is -0.120. The molecule has 0 radical (unpaired) electrons. The second kappa shape index (κ2) is 8.23. The Labute approximate surface area is 157 Å². The molecule has 1 fully saturated rings. The van der Waals surface area contributed by atoms with Crippen molar-refractivity contribution < 1.29 is 14.3 Å². The van der Waals surface area contributed by atoms with Gasteiger partial charge >= 0.3 is 6.09 Å². The third-order valence-electron chi connectivity index (χ3n) is 4.43. The van der Waals surface area contributed by atoms with Crippen molar-refractivity contribution in [2.75, 3.05) is 11.9 Å². The molecule has 1 aliphatic rings. The number of ether oxygens (including phenoxy) is 1. The zero-order valence-electron chi connectivity index (χ0n) is 14.6. The summed E-state index contributed by atoms with van der Waals surface area (Å²) in [6, 6.07) is 14.3. The molecule has 2 aromatic carbocycles. The van der Waals surface area contributed by atoms with Gasteiger partial charge in [-0.25, -0.2) is 4.79 Å². The van der Waals surface area contributed by atoms with E-state index >= 15 is 0 Å². The number of amides is 2. The molecule has 5 nitrogen and oxygen atoms in total. The number of likely N-dealkylation sites (tertiary alicyclic amines) is 1. The average Bonchev–Trinajstić information content (AvgIpc) is 3.14. The lowest BCUT2D eigenvalue weighted by Gasteiger charge is -2.23. The zero-order valence-corrected chi connectivity index (χ0v) is 15.3. The summed E-state index contributed by atoms with van der Waals surface area (Å²) in [7, 11) is 0. The Morgan fingerprint density at radius 1 is 1.23 bits per heavy atom. The van der Waals surface area contributed by atoms with Gasteiger partial charge in [-0.3, -0.25) is 9.69 Å². The van der Waals surface area contributed by atoms with Gasteiger partial charge in [-0.2, -0.15) is 0 Å². The Balaban J connectivity index is 1.60. The molecule has 1 saturated heterocycles. The van der Waals surface area contributed by atoms with Crippen molar-refractivity contribution in [3.05, 3.63) is 64.7 Å². The molecular formula is C20H21ClN2O3. The minimum atomic E-state index is -0.529. The Hall–Kier alpha value is -2.53. The van der Waals surface area contributed by atoms with Crippen LogP contribution in [0.4, 0.5) is 10.5 Å². The number of nitrogens with one attached hydrogen (secondary N) is 1. The van der Waals surface area contributed by atoms with E-state index in [0.29, 0.717) is 23.7 Å². The first kappa shape index (κ1) is 18.3. The van der Waals surface area contributed by atoms with Crippen LogP contribution >= 0.6 is 11.6 Å². The van der Waals surface area contributed by atoms with Gasteiger partial charge in [-0.1, -0.05) is 48.0 Å². The third-order valence-corrected chi connectivity index (χ3v) is 4.84. The second-order valence-electron chi connectivity index (χ2n) is 6.34. The SMILES string of the molecule is Cc1ccc(NC(=O)C2CCCN2C(=O)OCc2ccccc2)cc1Cl. The second-order valence-corrected chi connectivity index (χ2v) is 6.75. The molecule has 136 valence electrons. The molecule has 0 bridgehead atoms. The van der Waals surface area contributed by atoms with E-state index in [4.69, 9.17) is 16.3 Å². The molecule has 0 aliphatic carbocycles. The van der Waals surface area contributed by atoms with Gasteiger partial charge in [0.1, 0.15) is 12.6 Å². The fourth-order valence-electron chi connectivity index (χ4n) is 2.96. The summed E-state index contributed by atoms with van der Waals surface area (Å²) in [6.45, 7) is 2.60. The molecule has 1 aliphatic heterocycles. The molecule has 1 unspecified atom stereocenters. The van der Waals surface area contributed by atoms with Crippen LogP contribution in [0.15, 0.2) is 48.5 Å². The smallest absolute Gasteiger partial charge is 0.410 e. The first-order valence-corrected chi connectivity index (χ1v) is 8.97. The molecule has 2 aromatic rings. The molecule has 26 heavy (non-hydrogen) atoms. The van der Waals surface area contributed by atoms with Crippen molar-refractivity contribution in [1.29, 1.82) is 0 Å². The summed E-state index contributed by atoms with van der Waals surface area (Å²) in [4.78, 5) is 26.5. The summed E-state index contributed by atoms with van der Waals surface area (Å²) in [6.07, 6.45) is 0.924. The lowest BCUT2D eigenvalue weighted by atomic mass is 10.2. The Kier molecular flexibility index (Phi) is 5.78. The number of benzene rings is 2. The number of carbonyl (C=O) groups is 2. The van der Waals surface area contributed by atoms with E-state index in [1.807, 2.05) is 43.3 Å². The van der Waals surface area contributed by atoms with Crippen molar-refractivity contribution in [3.8, 4) is 0 Å². The van der Waals surface area contributed by atoms with E-state index in [1.54, 1.807) is 12.1 Å². The van der Waals surface area contributed by atoms with Gasteiger partial charge in [0.05, 0.1) is 0 Å². The van der Waals surface area contributed by atoms with E-state index < -0.39 is 12.1 Å². The molecule has 0 aromatic heterocycles. The van der Waals surface area contributed by atoms with Crippen LogP contribution in [0.1, 0.15) is 24.0 Å². The predicted octanol–water partition coefficient (Wildman–Crippen LogP) is 4.39. The predicted molar refractivity (Wildman–Crippen MR) is 101 cm³/mol. The maximum Gasteiger partial charge on any atom is 0.410 e. The molecule has 6 heteroatoms. The fourth-order valence-corrected chi connectivity index (χ4v) is 3.14. The maximum absolute atomic E-state index is 12.6. The average molecular weight is 373 g/mol. The van der Waals surface area contributed by atoms with E-state index in [-0.39, 0.29) is 12.5 Å². The fraction of sp³-hybridized carbons (Fsp3) is 0.300. The topological polar surface area (TPSA) is 58.6 Å². The Bertz CT molecular complexity index is 795. The molecule has 0 saturated carbocycles. The van der Waals surface area contributed by atoms with Crippen molar-refractivity contribution in [1.82, 2.24) is 4.90 Å². The van der Waals surface area contributed by atoms with Crippen molar-refractivity contribution >= 4 is 29.3 Å². The standard InChI is InChI=1S/C20H21ClN2O3/c1-14-9-10-16(12-17(14)21)22-19(24)18-8-5-11-23(18)20(25)26-13-15-6-3-2-4-7-15/h2-4,6-7,9-10,12,18H,5,8,11,13H2,1H3,(H,22,24). The van der Waals surface area contributed by atoms with Crippen LogP contribution < -0.4 is 5.32 Å². The highest BCUT2D eigenvalue weighted by atomic mass is 35.5. The highest BCUT2D eigenvalue weighted by molar-refractivity contribution is 6.31. The van der Waals surface area contributed by atoms with Crippen molar-refractivity contribution in [2.45, 2.75) is 32.4 Å². The van der Waals surface area contributed by atoms with E-state index in [1.165, 1.54) is 4.90 Å². The van der Waals surface area contributed by atoms with Crippen LogP contribution in [0.3, 0.4) is 0 Å². The van der Waals surface area contributed by atoms with Crippen LogP contribution in [0, 0.1) is 6.92 Å². The summed E-state index contributed by atoms with van der Waals surface area (Å²) in [5.41, 5.74) is 2.47. The minimum Gasteiger partial charge on any atom is -0.445 e. The number of rotatable bonds is 4. The minimum absolute atomic E-state index is 0.193. The summed E-state index contributed by atoms with van der Waals surface area (Å²) >= 11 is 6.10. The van der Waals surface area contributed by atoms with Gasteiger partial charge in [-0.05, 0) is 43.0 Å². The zero-order chi connectivity index (χ0) is 18.5. The van der Waals surface area contributed by atoms with Crippen molar-refractivity contribution in [3.63, 3.8) is 0 Å². The Morgan fingerprint density at radius 2 is 2.00 bits per heavy atom. The van der Waals surface area contributed by atoms with Gasteiger partial charge in [-0.15, -0.1) is 0 Å². The molecule has 1 heterocycles. The van der Waals surface area contributed by atoms with Gasteiger partial charge in [0.2, 0.25) is 5.91 Å². The normalized spacial score (nSPS) is 16.4. The summed E-state index contributed by atoms with van der Waals surface area (Å²) in [5, 5.41) is 3.43. The molecular weight excluding hydrogens is 352 g/mol. The maximum atomic E-state index is 12.6. The third kappa shape index (κ3) is 4.35. The van der Waals surface area contributed by atoms with E-state index in [9.17, 15) is 9.59 Å². The number of aryl methyl sites for hydroxylation is 1. The van der Waals surface area contributed by atoms with Crippen LogP contribution in [0.2, 0.25) is 5.02 Å². The first-order valence-electron chi connectivity index (χ1n) is 8.59. The van der Waals surface area contributed by atoms with Crippen molar-refractivity contribution in [2.24, 2.45) is 0 Å². The number of anilines is 1. The number of hydrogen-bond donors (Lipinski definition) is 1. The summed E-state index contributed by atoms with van der Waals surface area (Å²) < 4.78 is 5.36. The number of hydrogen-bond acceptors (Lipinski definition) is 3. The molecule has 1 N–H and O–H groups in total. The molecule has 3 rings (SSSR count). The number of halogens is 1. The number of carbonyl (C=O) groups excluding carboxylic acids is 2. The molecule has 0 spiro atoms. The summed E-state index contributed by atoms with van der Waals surface area (Å²) in [5.74, 6) is -0.223. The number of nitrogens with zero attached hydrogens (tertiary/aromatic N) is 1. The lowest BCUT2D eigenvalue weighted by Crippen LogP contribution is -2.43. The van der Waals surface area contributed by atoms with Gasteiger partial charge in [0.25, 0.3) is 0 Å².